The van der Waals surface area contributed by atoms with Crippen LogP contribution < -0.4 is 5.32 Å². The molecular weight excluding hydrogens is 240 g/mol. The number of benzene rings is 1. The predicted molar refractivity (Wildman–Crippen MR) is 71.4 cm³/mol. The molecule has 0 bridgehead atoms. The van der Waals surface area contributed by atoms with Crippen molar-refractivity contribution in [1.29, 1.82) is 5.26 Å². The second-order valence-corrected chi connectivity index (χ2v) is 4.92. The van der Waals surface area contributed by atoms with Gasteiger partial charge in [0.15, 0.2) is 0 Å². The molecule has 1 aliphatic rings. The maximum atomic E-state index is 11.9. The van der Waals surface area contributed by atoms with Gasteiger partial charge in [-0.2, -0.15) is 5.26 Å². The van der Waals surface area contributed by atoms with Gasteiger partial charge >= 0.3 is 0 Å². The Morgan fingerprint density at radius 1 is 1.42 bits per heavy atom. The molecule has 2 unspecified atom stereocenters. The fraction of sp³-hybridized carbons (Fsp3) is 0.467. The van der Waals surface area contributed by atoms with E-state index in [-0.39, 0.29) is 18.1 Å². The Balaban J connectivity index is 1.82. The minimum Gasteiger partial charge on any atom is -0.381 e. The second-order valence-electron chi connectivity index (χ2n) is 4.92. The fourth-order valence-corrected chi connectivity index (χ4v) is 2.45. The molecule has 1 aromatic rings. The number of carbonyl (C=O) groups is 1. The summed E-state index contributed by atoms with van der Waals surface area (Å²) in [6, 6.07) is 9.41. The molecule has 4 heteroatoms. The monoisotopic (exact) mass is 258 g/mol. The Hall–Kier alpha value is -1.86. The van der Waals surface area contributed by atoms with Crippen LogP contribution >= 0.6 is 0 Å². The van der Waals surface area contributed by atoms with E-state index in [9.17, 15) is 4.79 Å². The third-order valence-electron chi connectivity index (χ3n) is 3.53. The summed E-state index contributed by atoms with van der Waals surface area (Å²) in [5, 5.41) is 11.7. The molecule has 1 aromatic carbocycles. The average molecular weight is 258 g/mol. The van der Waals surface area contributed by atoms with Crippen LogP contribution in [0.3, 0.4) is 0 Å². The maximum absolute atomic E-state index is 11.9. The van der Waals surface area contributed by atoms with E-state index in [1.54, 1.807) is 19.2 Å². The van der Waals surface area contributed by atoms with E-state index in [1.165, 1.54) is 0 Å². The first-order chi connectivity index (χ1) is 9.21. The Kier molecular flexibility index (Phi) is 4.53. The number of hydrogen-bond donors (Lipinski definition) is 1. The standard InChI is InChI=1S/C15H18N2O2/c1-19-14-7-6-13(9-14)17-15(18)8-11-2-4-12(10-16)5-3-11/h2-5,13-14H,6-9H2,1H3,(H,17,18). The van der Waals surface area contributed by atoms with E-state index in [0.29, 0.717) is 12.0 Å². The highest BCUT2D eigenvalue weighted by atomic mass is 16.5. The Labute approximate surface area is 113 Å². The molecular formula is C15H18N2O2. The van der Waals surface area contributed by atoms with Gasteiger partial charge in [0.25, 0.3) is 0 Å². The molecule has 1 fully saturated rings. The molecule has 1 amide bonds. The molecule has 0 aromatic heterocycles. The zero-order chi connectivity index (χ0) is 13.7. The molecule has 1 aliphatic carbocycles. The first kappa shape index (κ1) is 13.6. The third-order valence-corrected chi connectivity index (χ3v) is 3.53. The van der Waals surface area contributed by atoms with E-state index >= 15 is 0 Å². The summed E-state index contributed by atoms with van der Waals surface area (Å²) in [6.45, 7) is 0. The lowest BCUT2D eigenvalue weighted by atomic mass is 10.1. The van der Waals surface area contributed by atoms with Crippen molar-refractivity contribution in [3.63, 3.8) is 0 Å². The number of methoxy groups -OCH3 is 1. The summed E-state index contributed by atoms with van der Waals surface area (Å²) >= 11 is 0. The number of hydrogen-bond acceptors (Lipinski definition) is 3. The van der Waals surface area contributed by atoms with Crippen LogP contribution in [-0.4, -0.2) is 25.2 Å². The van der Waals surface area contributed by atoms with Crippen LogP contribution in [0.5, 0.6) is 0 Å². The normalized spacial score (nSPS) is 21.9. The SMILES string of the molecule is COC1CCC(NC(=O)Cc2ccc(C#N)cc2)C1. The van der Waals surface area contributed by atoms with Gasteiger partial charge < -0.3 is 10.1 Å². The summed E-state index contributed by atoms with van der Waals surface area (Å²) in [4.78, 5) is 11.9. The second kappa shape index (κ2) is 6.35. The average Bonchev–Trinajstić information content (AvgIpc) is 2.87. The van der Waals surface area contributed by atoms with Crippen LogP contribution in [0.25, 0.3) is 0 Å². The molecule has 0 spiro atoms. The summed E-state index contributed by atoms with van der Waals surface area (Å²) in [6.07, 6.45) is 3.53. The summed E-state index contributed by atoms with van der Waals surface area (Å²) in [7, 11) is 1.71. The van der Waals surface area contributed by atoms with Gasteiger partial charge in [0.05, 0.1) is 24.2 Å². The molecule has 0 heterocycles. The Bertz CT molecular complexity index is 476. The van der Waals surface area contributed by atoms with E-state index in [1.807, 2.05) is 12.1 Å². The molecule has 1 N–H and O–H groups in total. The highest BCUT2D eigenvalue weighted by Crippen LogP contribution is 2.21. The number of amides is 1. The molecule has 4 nitrogen and oxygen atoms in total. The van der Waals surface area contributed by atoms with Crippen molar-refractivity contribution in [3.8, 4) is 6.07 Å². The van der Waals surface area contributed by atoms with Gasteiger partial charge in [0.2, 0.25) is 5.91 Å². The first-order valence-corrected chi connectivity index (χ1v) is 6.52. The van der Waals surface area contributed by atoms with Gasteiger partial charge in [0, 0.05) is 13.2 Å². The van der Waals surface area contributed by atoms with Crippen molar-refractivity contribution < 1.29 is 9.53 Å². The smallest absolute Gasteiger partial charge is 0.224 e. The van der Waals surface area contributed by atoms with Gasteiger partial charge in [0.1, 0.15) is 0 Å². The topological polar surface area (TPSA) is 62.1 Å². The van der Waals surface area contributed by atoms with Crippen LogP contribution in [-0.2, 0) is 16.0 Å². The molecule has 0 saturated heterocycles. The highest BCUT2D eigenvalue weighted by Gasteiger charge is 2.25. The van der Waals surface area contributed by atoms with E-state index in [0.717, 1.165) is 24.8 Å². The summed E-state index contributed by atoms with van der Waals surface area (Å²) < 4.78 is 5.28. The first-order valence-electron chi connectivity index (χ1n) is 6.52. The van der Waals surface area contributed by atoms with Crippen molar-refractivity contribution in [2.24, 2.45) is 0 Å². The molecule has 0 aliphatic heterocycles. The number of nitrogens with one attached hydrogen (secondary N) is 1. The maximum Gasteiger partial charge on any atom is 0.224 e. The summed E-state index contributed by atoms with van der Waals surface area (Å²) in [5.41, 5.74) is 1.54. The lowest BCUT2D eigenvalue weighted by Crippen LogP contribution is -2.34. The zero-order valence-corrected chi connectivity index (χ0v) is 11.1. The van der Waals surface area contributed by atoms with Crippen LogP contribution in [0.1, 0.15) is 30.4 Å². The fourth-order valence-electron chi connectivity index (χ4n) is 2.45. The molecule has 2 rings (SSSR count). The lowest BCUT2D eigenvalue weighted by molar-refractivity contribution is -0.121. The van der Waals surface area contributed by atoms with Crippen LogP contribution in [0, 0.1) is 11.3 Å². The Morgan fingerprint density at radius 2 is 2.16 bits per heavy atom. The predicted octanol–water partition coefficient (Wildman–Crippen LogP) is 1.78. The quantitative estimate of drug-likeness (QED) is 0.895. The zero-order valence-electron chi connectivity index (χ0n) is 11.1. The van der Waals surface area contributed by atoms with Gasteiger partial charge in [-0.1, -0.05) is 12.1 Å². The number of carbonyl (C=O) groups excluding carboxylic acids is 1. The third kappa shape index (κ3) is 3.80. The van der Waals surface area contributed by atoms with Gasteiger partial charge in [-0.15, -0.1) is 0 Å². The molecule has 2 atom stereocenters. The Morgan fingerprint density at radius 3 is 2.74 bits per heavy atom. The minimum absolute atomic E-state index is 0.0338. The molecule has 19 heavy (non-hydrogen) atoms. The van der Waals surface area contributed by atoms with Gasteiger partial charge in [-0.3, -0.25) is 4.79 Å². The van der Waals surface area contributed by atoms with Gasteiger partial charge in [-0.25, -0.2) is 0 Å². The van der Waals surface area contributed by atoms with Crippen molar-refractivity contribution in [1.82, 2.24) is 5.32 Å². The lowest BCUT2D eigenvalue weighted by Gasteiger charge is -2.13. The highest BCUT2D eigenvalue weighted by molar-refractivity contribution is 5.78. The number of rotatable bonds is 4. The van der Waals surface area contributed by atoms with E-state index in [2.05, 4.69) is 11.4 Å². The van der Waals surface area contributed by atoms with Gasteiger partial charge in [-0.05, 0) is 37.0 Å². The van der Waals surface area contributed by atoms with Crippen LogP contribution in [0.2, 0.25) is 0 Å². The molecule has 0 radical (unpaired) electrons. The summed E-state index contributed by atoms with van der Waals surface area (Å²) in [5.74, 6) is 0.0338. The van der Waals surface area contributed by atoms with E-state index in [4.69, 9.17) is 10.00 Å². The molecule has 1 saturated carbocycles. The number of ether oxygens (including phenoxy) is 1. The van der Waals surface area contributed by atoms with Crippen molar-refractivity contribution in [2.45, 2.75) is 37.8 Å². The van der Waals surface area contributed by atoms with Crippen LogP contribution in [0.15, 0.2) is 24.3 Å². The van der Waals surface area contributed by atoms with Crippen LogP contribution in [0.4, 0.5) is 0 Å². The minimum atomic E-state index is 0.0338. The van der Waals surface area contributed by atoms with Crippen molar-refractivity contribution in [2.75, 3.05) is 7.11 Å². The van der Waals surface area contributed by atoms with Crippen molar-refractivity contribution in [3.05, 3.63) is 35.4 Å². The molecule has 100 valence electrons. The van der Waals surface area contributed by atoms with Crippen molar-refractivity contribution >= 4 is 5.91 Å². The number of nitrogens with zero attached hydrogens (tertiary/aromatic N) is 1. The number of nitriles is 1. The van der Waals surface area contributed by atoms with E-state index < -0.39 is 0 Å². The largest absolute Gasteiger partial charge is 0.381 e.